The van der Waals surface area contributed by atoms with Gasteiger partial charge in [0.2, 0.25) is 0 Å². The van der Waals surface area contributed by atoms with Gasteiger partial charge in [-0.2, -0.15) is 0 Å². The summed E-state index contributed by atoms with van der Waals surface area (Å²) in [5, 5.41) is 0.908. The monoisotopic (exact) mass is 298 g/mol. The highest BCUT2D eigenvalue weighted by Crippen LogP contribution is 2.26. The Morgan fingerprint density at radius 2 is 1.71 bits per heavy atom. The molecule has 96 valence electrons. The van der Waals surface area contributed by atoms with Crippen LogP contribution >= 0.6 is 15.9 Å². The lowest BCUT2D eigenvalue weighted by Crippen LogP contribution is -2.01. The third kappa shape index (κ3) is 4.71. The van der Waals surface area contributed by atoms with Crippen molar-refractivity contribution < 1.29 is 4.74 Å². The first-order valence-electron chi connectivity index (χ1n) is 6.48. The van der Waals surface area contributed by atoms with E-state index >= 15 is 0 Å². The van der Waals surface area contributed by atoms with Crippen LogP contribution in [0.4, 0.5) is 0 Å². The number of rotatable bonds is 7. The molecule has 0 unspecified atom stereocenters. The third-order valence-electron chi connectivity index (χ3n) is 2.92. The molecule has 17 heavy (non-hydrogen) atoms. The maximum atomic E-state index is 5.90. The van der Waals surface area contributed by atoms with Gasteiger partial charge in [-0.05, 0) is 37.0 Å². The number of hydrogen-bond donors (Lipinski definition) is 0. The molecular weight excluding hydrogens is 276 g/mol. The Hall–Kier alpha value is -0.500. The van der Waals surface area contributed by atoms with Crippen LogP contribution in [-0.4, -0.2) is 6.61 Å². The summed E-state index contributed by atoms with van der Waals surface area (Å²) in [6.07, 6.45) is 5.02. The van der Waals surface area contributed by atoms with Gasteiger partial charge in [0.25, 0.3) is 0 Å². The number of alkyl halides is 1. The van der Waals surface area contributed by atoms with Crippen LogP contribution < -0.4 is 4.74 Å². The Morgan fingerprint density at radius 1 is 1.06 bits per heavy atom. The Bertz CT molecular complexity index is 324. The average molecular weight is 299 g/mol. The van der Waals surface area contributed by atoms with E-state index in [1.54, 1.807) is 0 Å². The SMILES string of the molecule is CCCCCCOc1c(C)cc(CBr)cc1C. The largest absolute Gasteiger partial charge is 0.493 e. The summed E-state index contributed by atoms with van der Waals surface area (Å²) in [4.78, 5) is 0. The first-order chi connectivity index (χ1) is 8.19. The molecule has 0 bridgehead atoms. The van der Waals surface area contributed by atoms with Crippen molar-refractivity contribution in [3.63, 3.8) is 0 Å². The van der Waals surface area contributed by atoms with Gasteiger partial charge >= 0.3 is 0 Å². The minimum absolute atomic E-state index is 0.843. The number of benzene rings is 1. The Balaban J connectivity index is 2.53. The van der Waals surface area contributed by atoms with E-state index in [0.717, 1.165) is 24.1 Å². The molecule has 0 fully saturated rings. The molecule has 0 saturated carbocycles. The molecular formula is C15H23BrO. The number of aryl methyl sites for hydroxylation is 2. The number of hydrogen-bond acceptors (Lipinski definition) is 1. The van der Waals surface area contributed by atoms with E-state index in [1.807, 2.05) is 0 Å². The third-order valence-corrected chi connectivity index (χ3v) is 3.57. The van der Waals surface area contributed by atoms with Gasteiger partial charge < -0.3 is 4.74 Å². The second-order valence-electron chi connectivity index (χ2n) is 4.60. The summed E-state index contributed by atoms with van der Waals surface area (Å²) in [5.41, 5.74) is 3.81. The lowest BCUT2D eigenvalue weighted by atomic mass is 10.1. The van der Waals surface area contributed by atoms with E-state index in [4.69, 9.17) is 4.74 Å². The van der Waals surface area contributed by atoms with Crippen molar-refractivity contribution in [1.82, 2.24) is 0 Å². The molecule has 0 aliphatic rings. The molecule has 1 aromatic carbocycles. The zero-order chi connectivity index (χ0) is 12.7. The summed E-state index contributed by atoms with van der Waals surface area (Å²) in [6, 6.07) is 4.40. The molecule has 0 aliphatic heterocycles. The fourth-order valence-electron chi connectivity index (χ4n) is 2.05. The van der Waals surface area contributed by atoms with E-state index in [2.05, 4.69) is 48.8 Å². The van der Waals surface area contributed by atoms with E-state index in [9.17, 15) is 0 Å². The molecule has 1 nitrogen and oxygen atoms in total. The maximum absolute atomic E-state index is 5.90. The zero-order valence-electron chi connectivity index (χ0n) is 11.2. The molecule has 1 aromatic rings. The normalized spacial score (nSPS) is 10.6. The van der Waals surface area contributed by atoms with Gasteiger partial charge in [0.1, 0.15) is 5.75 Å². The van der Waals surface area contributed by atoms with Crippen LogP contribution in [0.5, 0.6) is 5.75 Å². The van der Waals surface area contributed by atoms with Gasteiger partial charge in [-0.3, -0.25) is 0 Å². The Kier molecular flexibility index (Phi) is 6.64. The zero-order valence-corrected chi connectivity index (χ0v) is 12.8. The van der Waals surface area contributed by atoms with Crippen molar-refractivity contribution in [3.05, 3.63) is 28.8 Å². The fourth-order valence-corrected chi connectivity index (χ4v) is 2.37. The summed E-state index contributed by atoms with van der Waals surface area (Å²) in [7, 11) is 0. The van der Waals surface area contributed by atoms with Crippen molar-refractivity contribution in [2.45, 2.75) is 51.8 Å². The minimum Gasteiger partial charge on any atom is -0.493 e. The highest BCUT2D eigenvalue weighted by molar-refractivity contribution is 9.08. The Labute approximate surface area is 114 Å². The van der Waals surface area contributed by atoms with Crippen molar-refractivity contribution in [3.8, 4) is 5.75 Å². The number of ether oxygens (including phenoxy) is 1. The van der Waals surface area contributed by atoms with Gasteiger partial charge in [-0.15, -0.1) is 0 Å². The van der Waals surface area contributed by atoms with Crippen molar-refractivity contribution in [2.75, 3.05) is 6.61 Å². The molecule has 2 heteroatoms. The summed E-state index contributed by atoms with van der Waals surface area (Å²) in [6.45, 7) is 7.32. The van der Waals surface area contributed by atoms with Crippen molar-refractivity contribution in [2.24, 2.45) is 0 Å². The number of halogens is 1. The molecule has 0 spiro atoms. The van der Waals surface area contributed by atoms with Gasteiger partial charge in [0.15, 0.2) is 0 Å². The molecule has 0 aliphatic carbocycles. The topological polar surface area (TPSA) is 9.23 Å². The second kappa shape index (κ2) is 7.75. The lowest BCUT2D eigenvalue weighted by Gasteiger charge is -2.13. The van der Waals surface area contributed by atoms with E-state index in [0.29, 0.717) is 0 Å². The van der Waals surface area contributed by atoms with Crippen molar-refractivity contribution in [1.29, 1.82) is 0 Å². The van der Waals surface area contributed by atoms with Gasteiger partial charge in [-0.25, -0.2) is 0 Å². The standard InChI is InChI=1S/C15H23BrO/c1-4-5-6-7-8-17-15-12(2)9-14(11-16)10-13(15)3/h9-10H,4-8,11H2,1-3H3. The average Bonchev–Trinajstić information content (AvgIpc) is 2.31. The van der Waals surface area contributed by atoms with Crippen LogP contribution in [0, 0.1) is 13.8 Å². The van der Waals surface area contributed by atoms with Crippen LogP contribution in [0.2, 0.25) is 0 Å². The van der Waals surface area contributed by atoms with E-state index in [1.165, 1.54) is 36.0 Å². The molecule has 0 aromatic heterocycles. The molecule has 0 amide bonds. The van der Waals surface area contributed by atoms with Gasteiger partial charge in [-0.1, -0.05) is 54.2 Å². The van der Waals surface area contributed by atoms with E-state index in [-0.39, 0.29) is 0 Å². The molecule has 0 radical (unpaired) electrons. The first-order valence-corrected chi connectivity index (χ1v) is 7.60. The lowest BCUT2D eigenvalue weighted by molar-refractivity contribution is 0.301. The molecule has 1 rings (SSSR count). The second-order valence-corrected chi connectivity index (χ2v) is 5.16. The van der Waals surface area contributed by atoms with Crippen LogP contribution in [0.25, 0.3) is 0 Å². The molecule has 0 saturated heterocycles. The minimum atomic E-state index is 0.843. The van der Waals surface area contributed by atoms with E-state index < -0.39 is 0 Å². The Morgan fingerprint density at radius 3 is 2.24 bits per heavy atom. The molecule has 0 N–H and O–H groups in total. The smallest absolute Gasteiger partial charge is 0.125 e. The predicted molar refractivity (Wildman–Crippen MR) is 78.2 cm³/mol. The quantitative estimate of drug-likeness (QED) is 0.499. The summed E-state index contributed by atoms with van der Waals surface area (Å²) < 4.78 is 5.90. The van der Waals surface area contributed by atoms with Crippen molar-refractivity contribution >= 4 is 15.9 Å². The highest BCUT2D eigenvalue weighted by Gasteiger charge is 2.05. The van der Waals surface area contributed by atoms with Crippen LogP contribution in [0.3, 0.4) is 0 Å². The summed E-state index contributed by atoms with van der Waals surface area (Å²) in [5.74, 6) is 1.08. The highest BCUT2D eigenvalue weighted by atomic mass is 79.9. The maximum Gasteiger partial charge on any atom is 0.125 e. The molecule has 0 heterocycles. The predicted octanol–water partition coefficient (Wildman–Crippen LogP) is 5.16. The fraction of sp³-hybridized carbons (Fsp3) is 0.600. The van der Waals surface area contributed by atoms with Gasteiger partial charge in [0, 0.05) is 5.33 Å². The molecule has 0 atom stereocenters. The van der Waals surface area contributed by atoms with Crippen LogP contribution in [0.15, 0.2) is 12.1 Å². The van der Waals surface area contributed by atoms with Crippen LogP contribution in [0.1, 0.15) is 49.3 Å². The van der Waals surface area contributed by atoms with Crippen LogP contribution in [-0.2, 0) is 5.33 Å². The van der Waals surface area contributed by atoms with Gasteiger partial charge in [0.05, 0.1) is 6.61 Å². The summed E-state index contributed by atoms with van der Waals surface area (Å²) >= 11 is 3.49. The first kappa shape index (κ1) is 14.6. The number of unbranched alkanes of at least 4 members (excludes halogenated alkanes) is 3.